The molecule has 9 heteroatoms. The van der Waals surface area contributed by atoms with Crippen molar-refractivity contribution in [1.82, 2.24) is 9.62 Å². The number of hydrogen-bond donors (Lipinski definition) is 1. The third-order valence-electron chi connectivity index (χ3n) is 3.82. The van der Waals surface area contributed by atoms with Gasteiger partial charge in [-0.25, -0.2) is 8.42 Å². The van der Waals surface area contributed by atoms with Gasteiger partial charge in [0, 0.05) is 18.7 Å². The van der Waals surface area contributed by atoms with Crippen LogP contribution in [0.25, 0.3) is 0 Å². The Kier molecular flexibility index (Phi) is 5.54. The first kappa shape index (κ1) is 18.7. The maximum atomic E-state index is 12.5. The smallest absolute Gasteiger partial charge is 0.343 e. The first-order chi connectivity index (χ1) is 11.1. The highest BCUT2D eigenvalue weighted by molar-refractivity contribution is 7.89. The van der Waals surface area contributed by atoms with Crippen molar-refractivity contribution in [3.05, 3.63) is 29.8 Å². The summed E-state index contributed by atoms with van der Waals surface area (Å²) in [6, 6.07) is 4.92. The molecular weight excluding hydrogens is 345 g/mol. The standard InChI is InChI=1S/C15H19F3N2O3S/c1-11-3-2-8-20(9-11)24(22,23)13-6-4-12(5-7-13)14(21)19-10-15(16,17)18/h4-7,11H,2-3,8-10H2,1H3,(H,19,21). The number of halogens is 3. The minimum Gasteiger partial charge on any atom is -0.343 e. The molecule has 0 bridgehead atoms. The zero-order chi connectivity index (χ0) is 18.0. The summed E-state index contributed by atoms with van der Waals surface area (Å²) in [7, 11) is -3.65. The number of benzene rings is 1. The second-order valence-corrected chi connectivity index (χ2v) is 7.87. The number of rotatable bonds is 4. The SMILES string of the molecule is CC1CCCN(S(=O)(=O)c2ccc(C(=O)NCC(F)(F)F)cc2)C1. The Hall–Kier alpha value is -1.61. The molecule has 134 valence electrons. The van der Waals surface area contributed by atoms with E-state index in [0.717, 1.165) is 12.8 Å². The zero-order valence-electron chi connectivity index (χ0n) is 13.1. The number of amides is 1. The molecule has 0 saturated carbocycles. The van der Waals surface area contributed by atoms with Gasteiger partial charge in [0.25, 0.3) is 5.91 Å². The number of alkyl halides is 3. The fourth-order valence-electron chi connectivity index (χ4n) is 2.57. The number of nitrogens with zero attached hydrogens (tertiary/aromatic N) is 1. The molecule has 1 unspecified atom stereocenters. The number of nitrogens with one attached hydrogen (secondary N) is 1. The third-order valence-corrected chi connectivity index (χ3v) is 5.70. The second kappa shape index (κ2) is 7.10. The second-order valence-electron chi connectivity index (χ2n) is 5.93. The van der Waals surface area contributed by atoms with E-state index in [1.54, 1.807) is 5.32 Å². The van der Waals surface area contributed by atoms with Gasteiger partial charge in [-0.2, -0.15) is 17.5 Å². The summed E-state index contributed by atoms with van der Waals surface area (Å²) in [6.07, 6.45) is -2.73. The van der Waals surface area contributed by atoms with Gasteiger partial charge in [-0.1, -0.05) is 6.92 Å². The quantitative estimate of drug-likeness (QED) is 0.892. The van der Waals surface area contributed by atoms with Crippen LogP contribution in [0.4, 0.5) is 13.2 Å². The molecule has 0 radical (unpaired) electrons. The van der Waals surface area contributed by atoms with E-state index in [0.29, 0.717) is 13.1 Å². The molecule has 1 aromatic rings. The molecule has 1 heterocycles. The Morgan fingerprint density at radius 3 is 2.46 bits per heavy atom. The van der Waals surface area contributed by atoms with Gasteiger partial charge in [-0.05, 0) is 43.0 Å². The monoisotopic (exact) mass is 364 g/mol. The van der Waals surface area contributed by atoms with E-state index in [9.17, 15) is 26.4 Å². The number of sulfonamides is 1. The number of carbonyl (C=O) groups excluding carboxylic acids is 1. The fraction of sp³-hybridized carbons (Fsp3) is 0.533. The molecule has 0 spiro atoms. The molecule has 1 amide bonds. The Labute approximate surface area is 138 Å². The lowest BCUT2D eigenvalue weighted by Gasteiger charge is -2.30. The predicted octanol–water partition coefficient (Wildman–Crippen LogP) is 2.40. The molecule has 2 rings (SSSR count). The molecule has 1 atom stereocenters. The van der Waals surface area contributed by atoms with Crippen LogP contribution in [0.3, 0.4) is 0 Å². The third kappa shape index (κ3) is 4.70. The van der Waals surface area contributed by atoms with E-state index in [2.05, 4.69) is 0 Å². The van der Waals surface area contributed by atoms with Crippen molar-refractivity contribution >= 4 is 15.9 Å². The minimum absolute atomic E-state index is 0.0230. The summed E-state index contributed by atoms with van der Waals surface area (Å²) >= 11 is 0. The van der Waals surface area contributed by atoms with Crippen molar-refractivity contribution in [2.24, 2.45) is 5.92 Å². The van der Waals surface area contributed by atoms with Crippen LogP contribution in [-0.2, 0) is 10.0 Å². The van der Waals surface area contributed by atoms with E-state index < -0.39 is 28.7 Å². The molecule has 24 heavy (non-hydrogen) atoms. The lowest BCUT2D eigenvalue weighted by molar-refractivity contribution is -0.123. The first-order valence-corrected chi connectivity index (χ1v) is 8.99. The predicted molar refractivity (Wildman–Crippen MR) is 82.0 cm³/mol. The average molecular weight is 364 g/mol. The summed E-state index contributed by atoms with van der Waals surface area (Å²) in [5.41, 5.74) is -0.0230. The van der Waals surface area contributed by atoms with Gasteiger partial charge in [0.05, 0.1) is 4.90 Å². The Balaban J connectivity index is 2.09. The summed E-state index contributed by atoms with van der Waals surface area (Å²) in [5.74, 6) is -0.621. The minimum atomic E-state index is -4.50. The van der Waals surface area contributed by atoms with Gasteiger partial charge < -0.3 is 5.32 Å². The highest BCUT2D eigenvalue weighted by Gasteiger charge is 2.29. The van der Waals surface area contributed by atoms with Gasteiger partial charge in [0.1, 0.15) is 6.54 Å². The van der Waals surface area contributed by atoms with Gasteiger partial charge >= 0.3 is 6.18 Å². The fourth-order valence-corrected chi connectivity index (χ4v) is 4.17. The van der Waals surface area contributed by atoms with Crippen LogP contribution in [0, 0.1) is 5.92 Å². The highest BCUT2D eigenvalue weighted by atomic mass is 32.2. The van der Waals surface area contributed by atoms with Crippen molar-refractivity contribution in [1.29, 1.82) is 0 Å². The first-order valence-electron chi connectivity index (χ1n) is 7.55. The molecule has 1 saturated heterocycles. The Morgan fingerprint density at radius 1 is 1.29 bits per heavy atom. The molecule has 0 aliphatic carbocycles. The number of carbonyl (C=O) groups is 1. The van der Waals surface area contributed by atoms with Crippen LogP contribution in [0.15, 0.2) is 29.2 Å². The maximum absolute atomic E-state index is 12.5. The lowest BCUT2D eigenvalue weighted by Crippen LogP contribution is -2.39. The Morgan fingerprint density at radius 2 is 1.92 bits per heavy atom. The molecular formula is C15H19F3N2O3S. The Bertz CT molecular complexity index is 687. The van der Waals surface area contributed by atoms with Crippen LogP contribution in [-0.4, -0.2) is 44.4 Å². The van der Waals surface area contributed by atoms with E-state index in [4.69, 9.17) is 0 Å². The molecule has 1 aliphatic rings. The maximum Gasteiger partial charge on any atom is 0.405 e. The van der Waals surface area contributed by atoms with Gasteiger partial charge in [0.15, 0.2) is 0 Å². The summed E-state index contributed by atoms with van der Waals surface area (Å²) in [5, 5.41) is 1.74. The molecule has 0 aromatic heterocycles. The van der Waals surface area contributed by atoms with Crippen molar-refractivity contribution in [2.75, 3.05) is 19.6 Å². The summed E-state index contributed by atoms with van der Waals surface area (Å²) in [6.45, 7) is 1.43. The number of piperidine rings is 1. The van der Waals surface area contributed by atoms with E-state index in [1.165, 1.54) is 28.6 Å². The lowest BCUT2D eigenvalue weighted by atomic mass is 10.0. The highest BCUT2D eigenvalue weighted by Crippen LogP contribution is 2.23. The zero-order valence-corrected chi connectivity index (χ0v) is 14.0. The van der Waals surface area contributed by atoms with Crippen molar-refractivity contribution in [3.8, 4) is 0 Å². The van der Waals surface area contributed by atoms with Crippen molar-refractivity contribution in [3.63, 3.8) is 0 Å². The van der Waals surface area contributed by atoms with E-state index in [-0.39, 0.29) is 16.4 Å². The number of hydrogen-bond acceptors (Lipinski definition) is 3. The van der Waals surface area contributed by atoms with Crippen molar-refractivity contribution < 1.29 is 26.4 Å². The van der Waals surface area contributed by atoms with Crippen molar-refractivity contribution in [2.45, 2.75) is 30.8 Å². The summed E-state index contributed by atoms with van der Waals surface area (Å²) < 4.78 is 62.8. The normalized spacial score (nSPS) is 19.9. The van der Waals surface area contributed by atoms with E-state index >= 15 is 0 Å². The topological polar surface area (TPSA) is 66.5 Å². The van der Waals surface area contributed by atoms with Gasteiger partial charge in [0.2, 0.25) is 10.0 Å². The van der Waals surface area contributed by atoms with Crippen LogP contribution in [0.5, 0.6) is 0 Å². The van der Waals surface area contributed by atoms with Crippen LogP contribution in [0.2, 0.25) is 0 Å². The molecule has 1 fully saturated rings. The van der Waals surface area contributed by atoms with Crippen LogP contribution in [0.1, 0.15) is 30.1 Å². The largest absolute Gasteiger partial charge is 0.405 e. The van der Waals surface area contributed by atoms with Gasteiger partial charge in [-0.15, -0.1) is 0 Å². The van der Waals surface area contributed by atoms with Crippen LogP contribution < -0.4 is 5.32 Å². The molecule has 1 aromatic carbocycles. The van der Waals surface area contributed by atoms with E-state index in [1.807, 2.05) is 6.92 Å². The summed E-state index contributed by atoms with van der Waals surface area (Å²) in [4.78, 5) is 11.7. The van der Waals surface area contributed by atoms with Gasteiger partial charge in [-0.3, -0.25) is 4.79 Å². The molecule has 1 N–H and O–H groups in total. The van der Waals surface area contributed by atoms with Crippen LogP contribution >= 0.6 is 0 Å². The average Bonchev–Trinajstić information content (AvgIpc) is 2.52. The molecule has 5 nitrogen and oxygen atoms in total. The molecule has 1 aliphatic heterocycles.